The second-order valence-electron chi connectivity index (χ2n) is 5.82. The molecule has 0 aliphatic carbocycles. The van der Waals surface area contributed by atoms with E-state index in [1.807, 2.05) is 10.8 Å². The summed E-state index contributed by atoms with van der Waals surface area (Å²) >= 11 is 0. The zero-order valence-electron chi connectivity index (χ0n) is 14.0. The third-order valence-electron chi connectivity index (χ3n) is 3.46. The Labute approximate surface area is 143 Å². The maximum Gasteiger partial charge on any atom is 0.573 e. The second-order valence-corrected chi connectivity index (χ2v) is 5.82. The Kier molecular flexibility index (Phi) is 6.06. The van der Waals surface area contributed by atoms with E-state index in [0.717, 1.165) is 18.0 Å². The Morgan fingerprint density at radius 3 is 2.80 bits per heavy atom. The summed E-state index contributed by atoms with van der Waals surface area (Å²) in [6, 6.07) is 4.99. The van der Waals surface area contributed by atoms with Crippen molar-refractivity contribution < 1.29 is 22.7 Å². The number of carbonyl (C=O) groups is 1. The van der Waals surface area contributed by atoms with E-state index >= 15 is 0 Å². The third-order valence-corrected chi connectivity index (χ3v) is 3.46. The maximum atomic E-state index is 12.2. The van der Waals surface area contributed by atoms with E-state index in [9.17, 15) is 18.0 Å². The number of aryl methyl sites for hydroxylation is 1. The molecule has 1 amide bonds. The van der Waals surface area contributed by atoms with E-state index in [4.69, 9.17) is 0 Å². The van der Waals surface area contributed by atoms with Crippen LogP contribution in [0.15, 0.2) is 36.7 Å². The maximum absolute atomic E-state index is 12.2. The molecule has 2 rings (SSSR count). The molecule has 5 nitrogen and oxygen atoms in total. The Morgan fingerprint density at radius 1 is 1.36 bits per heavy atom. The SMILES string of the molecule is CC(C)c1nccn1CCCNC(=O)c1cccc(OC(F)(F)F)c1. The molecule has 0 fully saturated rings. The molecule has 0 atom stereocenters. The summed E-state index contributed by atoms with van der Waals surface area (Å²) in [6.07, 6.45) is -0.482. The first-order valence-corrected chi connectivity index (χ1v) is 7.91. The number of hydrogen-bond acceptors (Lipinski definition) is 3. The predicted molar refractivity (Wildman–Crippen MR) is 86.4 cm³/mol. The molecule has 0 radical (unpaired) electrons. The van der Waals surface area contributed by atoms with E-state index in [0.29, 0.717) is 25.4 Å². The van der Waals surface area contributed by atoms with Gasteiger partial charge in [0.2, 0.25) is 0 Å². The van der Waals surface area contributed by atoms with E-state index in [1.165, 1.54) is 12.1 Å². The first-order chi connectivity index (χ1) is 11.8. The largest absolute Gasteiger partial charge is 0.573 e. The van der Waals surface area contributed by atoms with Gasteiger partial charge < -0.3 is 14.6 Å². The Bertz CT molecular complexity index is 711. The van der Waals surface area contributed by atoms with Gasteiger partial charge in [-0.15, -0.1) is 13.2 Å². The Balaban J connectivity index is 1.84. The molecule has 25 heavy (non-hydrogen) atoms. The number of hydrogen-bond donors (Lipinski definition) is 1. The molecule has 8 heteroatoms. The summed E-state index contributed by atoms with van der Waals surface area (Å²) in [4.78, 5) is 16.3. The number of halogens is 3. The fourth-order valence-electron chi connectivity index (χ4n) is 2.40. The van der Waals surface area contributed by atoms with Crippen molar-refractivity contribution in [2.75, 3.05) is 6.54 Å². The number of nitrogens with zero attached hydrogens (tertiary/aromatic N) is 2. The standard InChI is InChI=1S/C17H20F3N3O2/c1-12(2)15-21-8-10-23(15)9-4-7-22-16(24)13-5-3-6-14(11-13)25-17(18,19)20/h3,5-6,8,10-12H,4,7,9H2,1-2H3,(H,22,24). The van der Waals surface area contributed by atoms with Crippen LogP contribution in [0.25, 0.3) is 0 Å². The average Bonchev–Trinajstić information content (AvgIpc) is 2.98. The molecule has 1 aromatic carbocycles. The number of carbonyl (C=O) groups excluding carboxylic acids is 1. The van der Waals surface area contributed by atoms with Crippen molar-refractivity contribution >= 4 is 5.91 Å². The number of alkyl halides is 3. The van der Waals surface area contributed by atoms with Crippen molar-refractivity contribution in [1.82, 2.24) is 14.9 Å². The van der Waals surface area contributed by atoms with Gasteiger partial charge in [-0.3, -0.25) is 4.79 Å². The highest BCUT2D eigenvalue weighted by Gasteiger charge is 2.31. The monoisotopic (exact) mass is 355 g/mol. The van der Waals surface area contributed by atoms with Gasteiger partial charge in [-0.1, -0.05) is 19.9 Å². The first kappa shape index (κ1) is 18.8. The summed E-state index contributed by atoms with van der Waals surface area (Å²) in [5, 5.41) is 2.69. The Morgan fingerprint density at radius 2 is 2.12 bits per heavy atom. The molecular weight excluding hydrogens is 335 g/mol. The topological polar surface area (TPSA) is 56.2 Å². The minimum atomic E-state index is -4.78. The van der Waals surface area contributed by atoms with Crippen molar-refractivity contribution in [1.29, 1.82) is 0 Å². The number of nitrogens with one attached hydrogen (secondary N) is 1. The lowest BCUT2D eigenvalue weighted by Gasteiger charge is -2.11. The zero-order valence-corrected chi connectivity index (χ0v) is 14.0. The lowest BCUT2D eigenvalue weighted by molar-refractivity contribution is -0.274. The minimum Gasteiger partial charge on any atom is -0.406 e. The quantitative estimate of drug-likeness (QED) is 0.770. The summed E-state index contributed by atoms with van der Waals surface area (Å²) in [5.74, 6) is 0.423. The van der Waals surface area contributed by atoms with Gasteiger partial charge in [0.1, 0.15) is 11.6 Å². The minimum absolute atomic E-state index is 0.118. The molecule has 1 N–H and O–H groups in total. The van der Waals surface area contributed by atoms with E-state index in [2.05, 4.69) is 28.9 Å². The average molecular weight is 355 g/mol. The van der Waals surface area contributed by atoms with Crippen molar-refractivity contribution in [3.63, 3.8) is 0 Å². The van der Waals surface area contributed by atoms with E-state index in [1.54, 1.807) is 6.20 Å². The lowest BCUT2D eigenvalue weighted by Crippen LogP contribution is -2.25. The van der Waals surface area contributed by atoms with Crippen molar-refractivity contribution in [3.8, 4) is 5.75 Å². The normalized spacial score (nSPS) is 11.6. The summed E-state index contributed by atoms with van der Waals surface area (Å²) < 4.78 is 42.5. The van der Waals surface area contributed by atoms with Crippen LogP contribution in [0.4, 0.5) is 13.2 Å². The van der Waals surface area contributed by atoms with Crippen LogP contribution in [0.5, 0.6) is 5.75 Å². The second kappa shape index (κ2) is 8.04. The van der Waals surface area contributed by atoms with Crippen molar-refractivity contribution in [3.05, 3.63) is 48.0 Å². The van der Waals surface area contributed by atoms with Crippen molar-refractivity contribution in [2.24, 2.45) is 0 Å². The summed E-state index contributed by atoms with van der Waals surface area (Å²) in [5.41, 5.74) is 0.118. The van der Waals surface area contributed by atoms with Crippen LogP contribution in [0.2, 0.25) is 0 Å². The number of rotatable bonds is 7. The molecule has 2 aromatic rings. The van der Waals surface area contributed by atoms with Crippen LogP contribution >= 0.6 is 0 Å². The van der Waals surface area contributed by atoms with Crippen LogP contribution in [0, 0.1) is 0 Å². The number of amides is 1. The molecule has 0 bridgehead atoms. The smallest absolute Gasteiger partial charge is 0.406 e. The van der Waals surface area contributed by atoms with Crippen LogP contribution in [-0.4, -0.2) is 28.4 Å². The molecular formula is C17H20F3N3O2. The number of benzene rings is 1. The molecule has 0 aliphatic rings. The van der Waals surface area contributed by atoms with Gasteiger partial charge in [0.15, 0.2) is 0 Å². The van der Waals surface area contributed by atoms with Crippen LogP contribution in [0.1, 0.15) is 42.4 Å². The van der Waals surface area contributed by atoms with Gasteiger partial charge in [0, 0.05) is 37.0 Å². The van der Waals surface area contributed by atoms with Gasteiger partial charge in [-0.2, -0.15) is 0 Å². The zero-order chi connectivity index (χ0) is 18.4. The molecule has 136 valence electrons. The Hall–Kier alpha value is -2.51. The van der Waals surface area contributed by atoms with Crippen LogP contribution in [0.3, 0.4) is 0 Å². The highest BCUT2D eigenvalue weighted by Crippen LogP contribution is 2.23. The van der Waals surface area contributed by atoms with Crippen LogP contribution < -0.4 is 10.1 Å². The number of ether oxygens (including phenoxy) is 1. The summed E-state index contributed by atoms with van der Waals surface area (Å²) in [6.45, 7) is 5.21. The van der Waals surface area contributed by atoms with Gasteiger partial charge >= 0.3 is 6.36 Å². The first-order valence-electron chi connectivity index (χ1n) is 7.91. The highest BCUT2D eigenvalue weighted by atomic mass is 19.4. The van der Waals surface area contributed by atoms with Gasteiger partial charge in [-0.25, -0.2) is 4.98 Å². The molecule has 0 unspecified atom stereocenters. The molecule has 0 aliphatic heterocycles. The van der Waals surface area contributed by atoms with E-state index < -0.39 is 18.0 Å². The number of imidazole rings is 1. The molecule has 1 heterocycles. The van der Waals surface area contributed by atoms with Crippen LogP contribution in [-0.2, 0) is 6.54 Å². The van der Waals surface area contributed by atoms with Gasteiger partial charge in [0.25, 0.3) is 5.91 Å². The number of aromatic nitrogens is 2. The third kappa shape index (κ3) is 5.81. The fourth-order valence-corrected chi connectivity index (χ4v) is 2.40. The molecule has 0 saturated carbocycles. The van der Waals surface area contributed by atoms with Crippen molar-refractivity contribution in [2.45, 2.75) is 39.1 Å². The molecule has 1 aromatic heterocycles. The molecule has 0 saturated heterocycles. The summed E-state index contributed by atoms with van der Waals surface area (Å²) in [7, 11) is 0. The molecule has 0 spiro atoms. The predicted octanol–water partition coefficient (Wildman–Crippen LogP) is 3.73. The van der Waals surface area contributed by atoms with Gasteiger partial charge in [0.05, 0.1) is 0 Å². The fraction of sp³-hybridized carbons (Fsp3) is 0.412. The lowest BCUT2D eigenvalue weighted by atomic mass is 10.2. The van der Waals surface area contributed by atoms with E-state index in [-0.39, 0.29) is 5.56 Å². The highest BCUT2D eigenvalue weighted by molar-refractivity contribution is 5.94. The van der Waals surface area contributed by atoms with Gasteiger partial charge in [-0.05, 0) is 24.6 Å².